The van der Waals surface area contributed by atoms with E-state index >= 15 is 0 Å². The monoisotopic (exact) mass is 250 g/mol. The zero-order valence-electron chi connectivity index (χ0n) is 10.4. The molecule has 0 saturated carbocycles. The fourth-order valence-corrected chi connectivity index (χ4v) is 2.89. The quantitative estimate of drug-likeness (QED) is 0.648. The molecule has 0 aliphatic carbocycles. The van der Waals surface area contributed by atoms with Gasteiger partial charge in [-0.3, -0.25) is 11.3 Å². The van der Waals surface area contributed by atoms with E-state index in [2.05, 4.69) is 29.2 Å². The smallest absolute Gasteiger partial charge is 0.106 e. The summed E-state index contributed by atoms with van der Waals surface area (Å²) in [6, 6.07) is 2.24. The van der Waals surface area contributed by atoms with Crippen LogP contribution in [-0.2, 0) is 6.42 Å². The van der Waals surface area contributed by atoms with Gasteiger partial charge in [0.2, 0.25) is 0 Å². The molecule has 17 heavy (non-hydrogen) atoms. The molecule has 4 heteroatoms. The first kappa shape index (κ1) is 12.4. The van der Waals surface area contributed by atoms with Crippen LogP contribution in [0.2, 0.25) is 0 Å². The summed E-state index contributed by atoms with van der Waals surface area (Å²) in [4.78, 5) is 0. The molecule has 0 aromatic carbocycles. The lowest BCUT2D eigenvalue weighted by molar-refractivity contribution is 0.484. The first-order chi connectivity index (χ1) is 8.13. The van der Waals surface area contributed by atoms with E-state index in [9.17, 15) is 0 Å². The van der Waals surface area contributed by atoms with Crippen molar-refractivity contribution in [1.29, 1.82) is 0 Å². The molecule has 2 rings (SSSR count). The average molecular weight is 250 g/mol. The van der Waals surface area contributed by atoms with Gasteiger partial charge in [0.15, 0.2) is 0 Å². The van der Waals surface area contributed by atoms with Gasteiger partial charge in [-0.15, -0.1) is 0 Å². The average Bonchev–Trinajstić information content (AvgIpc) is 2.87. The van der Waals surface area contributed by atoms with E-state index in [1.54, 1.807) is 11.3 Å². The van der Waals surface area contributed by atoms with Crippen molar-refractivity contribution in [1.82, 2.24) is 5.43 Å². The van der Waals surface area contributed by atoms with E-state index in [0.717, 1.165) is 17.9 Å². The number of hydrazine groups is 1. The van der Waals surface area contributed by atoms with Gasteiger partial charge in [0, 0.05) is 5.56 Å². The lowest BCUT2D eigenvalue weighted by Gasteiger charge is -2.15. The standard InChI is InChI=1S/C13H18N2OS/c1-8-9(2)16-10(3)13(8)12(15-14)6-11-4-5-17-7-11/h4-5,7,12,15H,6,14H2,1-3H3. The topological polar surface area (TPSA) is 51.2 Å². The molecule has 2 aromatic heterocycles. The van der Waals surface area contributed by atoms with Gasteiger partial charge in [-0.1, -0.05) is 0 Å². The van der Waals surface area contributed by atoms with Crippen LogP contribution in [0.3, 0.4) is 0 Å². The van der Waals surface area contributed by atoms with Crippen LogP contribution in [-0.4, -0.2) is 0 Å². The van der Waals surface area contributed by atoms with Crippen LogP contribution in [0.15, 0.2) is 21.2 Å². The summed E-state index contributed by atoms with van der Waals surface area (Å²) in [5, 5.41) is 4.24. The molecule has 0 aliphatic heterocycles. The number of hydrogen-bond donors (Lipinski definition) is 2. The molecule has 0 bridgehead atoms. The second-order valence-corrected chi connectivity index (χ2v) is 5.09. The molecule has 0 aliphatic rings. The molecular weight excluding hydrogens is 232 g/mol. The molecule has 3 N–H and O–H groups in total. The largest absolute Gasteiger partial charge is 0.466 e. The van der Waals surface area contributed by atoms with Gasteiger partial charge < -0.3 is 4.42 Å². The van der Waals surface area contributed by atoms with Crippen molar-refractivity contribution in [2.24, 2.45) is 5.84 Å². The minimum absolute atomic E-state index is 0.113. The zero-order valence-corrected chi connectivity index (χ0v) is 11.2. The van der Waals surface area contributed by atoms with Crippen molar-refractivity contribution in [2.75, 3.05) is 0 Å². The van der Waals surface area contributed by atoms with Gasteiger partial charge in [-0.25, -0.2) is 0 Å². The Balaban J connectivity index is 2.29. The molecule has 0 fully saturated rings. The zero-order chi connectivity index (χ0) is 12.4. The maximum Gasteiger partial charge on any atom is 0.106 e. The summed E-state index contributed by atoms with van der Waals surface area (Å²) < 4.78 is 5.65. The van der Waals surface area contributed by atoms with E-state index < -0.39 is 0 Å². The lowest BCUT2D eigenvalue weighted by Crippen LogP contribution is -2.30. The van der Waals surface area contributed by atoms with Crippen molar-refractivity contribution in [3.8, 4) is 0 Å². The number of thiophene rings is 1. The van der Waals surface area contributed by atoms with Crippen molar-refractivity contribution in [3.05, 3.63) is 45.0 Å². The highest BCUT2D eigenvalue weighted by molar-refractivity contribution is 7.07. The molecule has 1 atom stereocenters. The molecule has 0 amide bonds. The maximum atomic E-state index is 5.68. The van der Waals surface area contributed by atoms with E-state index in [1.165, 1.54) is 16.7 Å². The SMILES string of the molecule is Cc1oc(C)c(C(Cc2ccsc2)NN)c1C. The van der Waals surface area contributed by atoms with E-state index in [0.29, 0.717) is 0 Å². The van der Waals surface area contributed by atoms with Crippen LogP contribution in [0.1, 0.15) is 34.3 Å². The van der Waals surface area contributed by atoms with Crippen molar-refractivity contribution in [3.63, 3.8) is 0 Å². The maximum absolute atomic E-state index is 5.68. The summed E-state index contributed by atoms with van der Waals surface area (Å²) >= 11 is 1.71. The van der Waals surface area contributed by atoms with Crippen molar-refractivity contribution < 1.29 is 4.42 Å². The van der Waals surface area contributed by atoms with E-state index in [1.807, 2.05) is 13.8 Å². The minimum atomic E-state index is 0.113. The lowest BCUT2D eigenvalue weighted by atomic mass is 9.97. The Morgan fingerprint density at radius 2 is 2.12 bits per heavy atom. The molecule has 2 aromatic rings. The highest BCUT2D eigenvalue weighted by Gasteiger charge is 2.20. The molecule has 2 heterocycles. The van der Waals surface area contributed by atoms with Gasteiger partial charge in [0.1, 0.15) is 11.5 Å². The molecule has 1 unspecified atom stereocenters. The van der Waals surface area contributed by atoms with Gasteiger partial charge in [-0.2, -0.15) is 11.3 Å². The fraction of sp³-hybridized carbons (Fsp3) is 0.385. The molecular formula is C13H18N2OS. The van der Waals surface area contributed by atoms with Crippen LogP contribution in [0.25, 0.3) is 0 Å². The van der Waals surface area contributed by atoms with Gasteiger partial charge in [0.25, 0.3) is 0 Å². The number of nitrogens with two attached hydrogens (primary N) is 1. The first-order valence-corrected chi connectivity index (χ1v) is 6.61. The van der Waals surface area contributed by atoms with Crippen LogP contribution in [0.5, 0.6) is 0 Å². The highest BCUT2D eigenvalue weighted by Crippen LogP contribution is 2.29. The van der Waals surface area contributed by atoms with Gasteiger partial charge >= 0.3 is 0 Å². The normalized spacial score (nSPS) is 12.9. The molecule has 0 spiro atoms. The van der Waals surface area contributed by atoms with Crippen LogP contribution < -0.4 is 11.3 Å². The van der Waals surface area contributed by atoms with Gasteiger partial charge in [0.05, 0.1) is 6.04 Å². The Bertz CT molecular complexity index is 488. The van der Waals surface area contributed by atoms with Crippen LogP contribution in [0.4, 0.5) is 0 Å². The summed E-state index contributed by atoms with van der Waals surface area (Å²) in [7, 11) is 0. The van der Waals surface area contributed by atoms with Crippen molar-refractivity contribution in [2.45, 2.75) is 33.2 Å². The minimum Gasteiger partial charge on any atom is -0.466 e. The Morgan fingerprint density at radius 1 is 1.35 bits per heavy atom. The second kappa shape index (κ2) is 5.04. The predicted octanol–water partition coefficient (Wildman–Crippen LogP) is 3.01. The Labute approximate surface area is 106 Å². The number of aryl methyl sites for hydroxylation is 2. The number of hydrogen-bond acceptors (Lipinski definition) is 4. The number of furan rings is 1. The third-order valence-electron chi connectivity index (χ3n) is 3.19. The Kier molecular flexibility index (Phi) is 3.66. The number of nitrogens with one attached hydrogen (secondary N) is 1. The summed E-state index contributed by atoms with van der Waals surface area (Å²) in [5.74, 6) is 7.61. The van der Waals surface area contributed by atoms with Crippen LogP contribution in [0, 0.1) is 20.8 Å². The van der Waals surface area contributed by atoms with Gasteiger partial charge in [-0.05, 0) is 55.1 Å². The van der Waals surface area contributed by atoms with E-state index in [-0.39, 0.29) is 6.04 Å². The molecule has 92 valence electrons. The van der Waals surface area contributed by atoms with Crippen molar-refractivity contribution >= 4 is 11.3 Å². The summed E-state index contributed by atoms with van der Waals surface area (Å²) in [5.41, 5.74) is 6.58. The van der Waals surface area contributed by atoms with Crippen LogP contribution >= 0.6 is 11.3 Å². The first-order valence-electron chi connectivity index (χ1n) is 5.67. The summed E-state index contributed by atoms with van der Waals surface area (Å²) in [6.07, 6.45) is 0.890. The molecule has 3 nitrogen and oxygen atoms in total. The molecule has 0 radical (unpaired) electrons. The van der Waals surface area contributed by atoms with E-state index in [4.69, 9.17) is 10.3 Å². The third kappa shape index (κ3) is 2.44. The number of rotatable bonds is 4. The summed E-state index contributed by atoms with van der Waals surface area (Å²) in [6.45, 7) is 6.07. The third-order valence-corrected chi connectivity index (χ3v) is 3.92. The Hall–Kier alpha value is -1.10. The Morgan fingerprint density at radius 3 is 2.59 bits per heavy atom. The predicted molar refractivity (Wildman–Crippen MR) is 71.0 cm³/mol. The fourth-order valence-electron chi connectivity index (χ4n) is 2.21. The second-order valence-electron chi connectivity index (χ2n) is 4.31. The highest BCUT2D eigenvalue weighted by atomic mass is 32.1. The molecule has 0 saturated heterocycles.